The Bertz CT molecular complexity index is 279. The van der Waals surface area contributed by atoms with Crippen LogP contribution in [-0.2, 0) is 0 Å². The predicted molar refractivity (Wildman–Crippen MR) is 56.3 cm³/mol. The summed E-state index contributed by atoms with van der Waals surface area (Å²) in [6.45, 7) is 6.31. The molecule has 0 fully saturated rings. The smallest absolute Gasteiger partial charge is 0.129 e. The molecule has 0 aliphatic heterocycles. The Morgan fingerprint density at radius 2 is 2.14 bits per heavy atom. The molecule has 1 aromatic rings. The minimum absolute atomic E-state index is 0.272. The molecule has 0 aliphatic rings. The lowest BCUT2D eigenvalue weighted by molar-refractivity contribution is 0.188. The minimum atomic E-state index is -0.272. The van der Waals surface area contributed by atoms with Crippen molar-refractivity contribution in [3.05, 3.63) is 17.6 Å². The summed E-state index contributed by atoms with van der Waals surface area (Å²) in [5.41, 5.74) is 0.956. The lowest BCUT2D eigenvalue weighted by Gasteiger charge is -2.08. The molecule has 0 saturated carbocycles. The SMILES string of the molecule is Cc1cc(NCCC(C)O)nc(C)n1. The van der Waals surface area contributed by atoms with Gasteiger partial charge in [0.05, 0.1) is 6.10 Å². The average Bonchev–Trinajstić information content (AvgIpc) is 2.01. The maximum atomic E-state index is 9.07. The molecule has 0 saturated heterocycles. The quantitative estimate of drug-likeness (QED) is 0.759. The molecule has 0 radical (unpaired) electrons. The van der Waals surface area contributed by atoms with Crippen LogP contribution in [0.3, 0.4) is 0 Å². The van der Waals surface area contributed by atoms with E-state index < -0.39 is 0 Å². The summed E-state index contributed by atoms with van der Waals surface area (Å²) in [6, 6.07) is 1.90. The Morgan fingerprint density at radius 3 is 2.71 bits per heavy atom. The Hall–Kier alpha value is -1.16. The number of aromatic nitrogens is 2. The Balaban J connectivity index is 2.50. The van der Waals surface area contributed by atoms with Crippen molar-refractivity contribution in [2.45, 2.75) is 33.3 Å². The molecule has 0 amide bonds. The molecule has 0 spiro atoms. The molecule has 1 unspecified atom stereocenters. The van der Waals surface area contributed by atoms with E-state index in [-0.39, 0.29) is 6.10 Å². The highest BCUT2D eigenvalue weighted by Crippen LogP contribution is 2.05. The van der Waals surface area contributed by atoms with E-state index in [1.807, 2.05) is 19.9 Å². The van der Waals surface area contributed by atoms with Crippen molar-refractivity contribution in [3.8, 4) is 0 Å². The zero-order valence-electron chi connectivity index (χ0n) is 8.91. The van der Waals surface area contributed by atoms with Gasteiger partial charge >= 0.3 is 0 Å². The number of aliphatic hydroxyl groups excluding tert-OH is 1. The first kappa shape index (κ1) is 10.9. The van der Waals surface area contributed by atoms with Crippen molar-refractivity contribution >= 4 is 5.82 Å². The van der Waals surface area contributed by atoms with Gasteiger partial charge < -0.3 is 10.4 Å². The zero-order valence-corrected chi connectivity index (χ0v) is 8.91. The van der Waals surface area contributed by atoms with Crippen molar-refractivity contribution in [2.75, 3.05) is 11.9 Å². The van der Waals surface area contributed by atoms with Crippen LogP contribution in [0, 0.1) is 13.8 Å². The van der Waals surface area contributed by atoms with Gasteiger partial charge in [-0.1, -0.05) is 0 Å². The van der Waals surface area contributed by atoms with Crippen LogP contribution in [0.5, 0.6) is 0 Å². The summed E-state index contributed by atoms with van der Waals surface area (Å²) >= 11 is 0. The van der Waals surface area contributed by atoms with Crippen LogP contribution >= 0.6 is 0 Å². The number of nitrogens with one attached hydrogen (secondary N) is 1. The van der Waals surface area contributed by atoms with Gasteiger partial charge in [0.1, 0.15) is 11.6 Å². The summed E-state index contributed by atoms with van der Waals surface area (Å²) in [5, 5.41) is 12.2. The van der Waals surface area contributed by atoms with Crippen LogP contribution in [-0.4, -0.2) is 27.7 Å². The number of aryl methyl sites for hydroxylation is 2. The van der Waals surface area contributed by atoms with Gasteiger partial charge in [0.2, 0.25) is 0 Å². The standard InChI is InChI=1S/C10H17N3O/c1-7-6-10(13-9(3)12-7)11-5-4-8(2)14/h6,8,14H,4-5H2,1-3H3,(H,11,12,13). The van der Waals surface area contributed by atoms with E-state index >= 15 is 0 Å². The van der Waals surface area contributed by atoms with Gasteiger partial charge in [-0.15, -0.1) is 0 Å². The van der Waals surface area contributed by atoms with Crippen LogP contribution in [0.2, 0.25) is 0 Å². The van der Waals surface area contributed by atoms with Crippen molar-refractivity contribution in [2.24, 2.45) is 0 Å². The van der Waals surface area contributed by atoms with Crippen molar-refractivity contribution < 1.29 is 5.11 Å². The average molecular weight is 195 g/mol. The topological polar surface area (TPSA) is 58.0 Å². The van der Waals surface area contributed by atoms with Crippen LogP contribution in [0.15, 0.2) is 6.07 Å². The summed E-state index contributed by atoms with van der Waals surface area (Å²) in [5.74, 6) is 1.60. The van der Waals surface area contributed by atoms with Crippen LogP contribution in [0.25, 0.3) is 0 Å². The summed E-state index contributed by atoms with van der Waals surface area (Å²) < 4.78 is 0. The molecule has 1 rings (SSSR count). The first-order chi connectivity index (χ1) is 6.58. The maximum Gasteiger partial charge on any atom is 0.129 e. The highest BCUT2D eigenvalue weighted by Gasteiger charge is 1.99. The Morgan fingerprint density at radius 1 is 1.43 bits per heavy atom. The lowest BCUT2D eigenvalue weighted by Crippen LogP contribution is -2.11. The molecule has 1 heterocycles. The first-order valence-electron chi connectivity index (χ1n) is 4.82. The van der Waals surface area contributed by atoms with Crippen LogP contribution < -0.4 is 5.32 Å². The molecule has 0 aliphatic carbocycles. The number of anilines is 1. The second-order valence-corrected chi connectivity index (χ2v) is 3.51. The fourth-order valence-corrected chi connectivity index (χ4v) is 1.22. The van der Waals surface area contributed by atoms with Crippen LogP contribution in [0.1, 0.15) is 24.9 Å². The molecule has 0 aromatic carbocycles. The third-order valence-electron chi connectivity index (χ3n) is 1.83. The van der Waals surface area contributed by atoms with Crippen molar-refractivity contribution in [3.63, 3.8) is 0 Å². The Kier molecular flexibility index (Phi) is 3.83. The van der Waals surface area contributed by atoms with E-state index in [0.717, 1.165) is 30.3 Å². The van der Waals surface area contributed by atoms with Gasteiger partial charge in [0.25, 0.3) is 0 Å². The van der Waals surface area contributed by atoms with Crippen LogP contribution in [0.4, 0.5) is 5.82 Å². The highest BCUT2D eigenvalue weighted by atomic mass is 16.3. The first-order valence-corrected chi connectivity index (χ1v) is 4.82. The third-order valence-corrected chi connectivity index (χ3v) is 1.83. The van der Waals surface area contributed by atoms with Gasteiger partial charge in [-0.25, -0.2) is 9.97 Å². The fraction of sp³-hybridized carbons (Fsp3) is 0.600. The highest BCUT2D eigenvalue weighted by molar-refractivity contribution is 5.35. The predicted octanol–water partition coefficient (Wildman–Crippen LogP) is 1.28. The monoisotopic (exact) mass is 195 g/mol. The maximum absolute atomic E-state index is 9.07. The summed E-state index contributed by atoms with van der Waals surface area (Å²) in [6.07, 6.45) is 0.453. The van der Waals surface area contributed by atoms with E-state index in [1.54, 1.807) is 6.92 Å². The fourth-order valence-electron chi connectivity index (χ4n) is 1.22. The van der Waals surface area contributed by atoms with Gasteiger partial charge in [-0.2, -0.15) is 0 Å². The second kappa shape index (κ2) is 4.91. The van der Waals surface area contributed by atoms with E-state index in [4.69, 9.17) is 5.11 Å². The van der Waals surface area contributed by atoms with E-state index in [1.165, 1.54) is 0 Å². The van der Waals surface area contributed by atoms with Gasteiger partial charge in [0.15, 0.2) is 0 Å². The summed E-state index contributed by atoms with van der Waals surface area (Å²) in [4.78, 5) is 8.40. The third kappa shape index (κ3) is 3.70. The molecule has 1 atom stereocenters. The largest absolute Gasteiger partial charge is 0.393 e. The number of hydrogen-bond donors (Lipinski definition) is 2. The molecule has 0 bridgehead atoms. The van der Waals surface area contributed by atoms with Gasteiger partial charge in [-0.3, -0.25) is 0 Å². The molecule has 2 N–H and O–H groups in total. The molecular weight excluding hydrogens is 178 g/mol. The van der Waals surface area contributed by atoms with Gasteiger partial charge in [-0.05, 0) is 27.2 Å². The number of nitrogens with zero attached hydrogens (tertiary/aromatic N) is 2. The molecule has 4 nitrogen and oxygen atoms in total. The molecule has 14 heavy (non-hydrogen) atoms. The number of rotatable bonds is 4. The minimum Gasteiger partial charge on any atom is -0.393 e. The molecule has 1 aromatic heterocycles. The lowest BCUT2D eigenvalue weighted by atomic mass is 10.3. The molecule has 4 heteroatoms. The summed E-state index contributed by atoms with van der Waals surface area (Å²) in [7, 11) is 0. The normalized spacial score (nSPS) is 12.6. The van der Waals surface area contributed by atoms with E-state index in [2.05, 4.69) is 15.3 Å². The second-order valence-electron chi connectivity index (χ2n) is 3.51. The van der Waals surface area contributed by atoms with E-state index in [9.17, 15) is 0 Å². The van der Waals surface area contributed by atoms with Gasteiger partial charge in [0, 0.05) is 18.3 Å². The zero-order chi connectivity index (χ0) is 10.6. The van der Waals surface area contributed by atoms with E-state index in [0.29, 0.717) is 0 Å². The molecular formula is C10H17N3O. The number of hydrogen-bond acceptors (Lipinski definition) is 4. The van der Waals surface area contributed by atoms with Crippen molar-refractivity contribution in [1.29, 1.82) is 0 Å². The van der Waals surface area contributed by atoms with Crippen molar-refractivity contribution in [1.82, 2.24) is 9.97 Å². The Labute approximate surface area is 84.4 Å². The number of aliphatic hydroxyl groups is 1. The molecule has 78 valence electrons.